The lowest BCUT2D eigenvalue weighted by molar-refractivity contribution is -0.118. The highest BCUT2D eigenvalue weighted by Crippen LogP contribution is 2.19. The summed E-state index contributed by atoms with van der Waals surface area (Å²) in [5, 5.41) is 11.4. The molecule has 0 aliphatic rings. The molecule has 8 heteroatoms. The highest BCUT2D eigenvalue weighted by atomic mass is 35.5. The minimum Gasteiger partial charge on any atom is -0.340 e. The summed E-state index contributed by atoms with van der Waals surface area (Å²) >= 11 is 5.87. The number of hydrogen-bond donors (Lipinski definition) is 2. The van der Waals surface area contributed by atoms with Crippen molar-refractivity contribution in [1.82, 2.24) is 20.1 Å². The minimum atomic E-state index is -0.702. The molecule has 152 valence electrons. The molecule has 2 aromatic heterocycles. The van der Waals surface area contributed by atoms with Crippen molar-refractivity contribution in [3.05, 3.63) is 53.3 Å². The van der Waals surface area contributed by atoms with Crippen molar-refractivity contribution in [2.24, 2.45) is 5.92 Å². The summed E-state index contributed by atoms with van der Waals surface area (Å²) in [4.78, 5) is 29.8. The lowest BCUT2D eigenvalue weighted by Gasteiger charge is -2.21. The fraction of sp³-hybridized carbons (Fsp3) is 0.333. The Morgan fingerprint density at radius 3 is 2.38 bits per heavy atom. The van der Waals surface area contributed by atoms with Gasteiger partial charge in [-0.25, -0.2) is 9.67 Å². The van der Waals surface area contributed by atoms with Crippen LogP contribution in [0.5, 0.6) is 0 Å². The van der Waals surface area contributed by atoms with Gasteiger partial charge in [0.1, 0.15) is 6.04 Å². The molecule has 0 saturated heterocycles. The first-order valence-corrected chi connectivity index (χ1v) is 9.84. The van der Waals surface area contributed by atoms with Crippen LogP contribution in [0.3, 0.4) is 0 Å². The third-order valence-electron chi connectivity index (χ3n) is 4.53. The van der Waals surface area contributed by atoms with Gasteiger partial charge in [0, 0.05) is 22.0 Å². The molecule has 0 aliphatic heterocycles. The van der Waals surface area contributed by atoms with E-state index in [0.717, 1.165) is 11.0 Å². The Kier molecular flexibility index (Phi) is 6.17. The van der Waals surface area contributed by atoms with E-state index in [1.54, 1.807) is 36.7 Å². The Morgan fingerprint density at radius 2 is 1.76 bits per heavy atom. The van der Waals surface area contributed by atoms with Crippen LogP contribution in [0.2, 0.25) is 5.02 Å². The average molecular weight is 414 g/mol. The number of nitrogens with zero attached hydrogens (tertiary/aromatic N) is 3. The van der Waals surface area contributed by atoms with Crippen LogP contribution in [0.4, 0.5) is 5.69 Å². The van der Waals surface area contributed by atoms with Crippen molar-refractivity contribution in [3.8, 4) is 0 Å². The molecule has 3 aromatic rings. The summed E-state index contributed by atoms with van der Waals surface area (Å²) in [6.07, 6.45) is 3.32. The number of pyridine rings is 1. The zero-order valence-electron chi connectivity index (χ0n) is 16.8. The quantitative estimate of drug-likeness (QED) is 0.637. The largest absolute Gasteiger partial charge is 0.340 e. The van der Waals surface area contributed by atoms with Crippen molar-refractivity contribution in [1.29, 1.82) is 0 Å². The maximum Gasteiger partial charge on any atom is 0.251 e. The molecule has 2 heterocycles. The highest BCUT2D eigenvalue weighted by Gasteiger charge is 2.25. The van der Waals surface area contributed by atoms with Gasteiger partial charge in [-0.2, -0.15) is 5.10 Å². The van der Waals surface area contributed by atoms with E-state index in [-0.39, 0.29) is 23.8 Å². The van der Waals surface area contributed by atoms with E-state index in [4.69, 9.17) is 11.6 Å². The molecular weight excluding hydrogens is 390 g/mol. The van der Waals surface area contributed by atoms with Gasteiger partial charge in [0.25, 0.3) is 5.91 Å². The zero-order chi connectivity index (χ0) is 21.1. The second-order valence-electron chi connectivity index (χ2n) is 7.51. The molecule has 1 atom stereocenters. The molecule has 2 amide bonds. The van der Waals surface area contributed by atoms with Crippen LogP contribution >= 0.6 is 11.6 Å². The summed E-state index contributed by atoms with van der Waals surface area (Å²) < 4.78 is 1.82. The number of anilines is 1. The van der Waals surface area contributed by atoms with Crippen molar-refractivity contribution < 1.29 is 9.59 Å². The van der Waals surface area contributed by atoms with Crippen LogP contribution in [0.15, 0.2) is 42.7 Å². The molecule has 0 aliphatic carbocycles. The fourth-order valence-corrected chi connectivity index (χ4v) is 3.09. The summed E-state index contributed by atoms with van der Waals surface area (Å²) in [5.41, 5.74) is 1.75. The van der Waals surface area contributed by atoms with Crippen molar-refractivity contribution in [2.75, 3.05) is 5.32 Å². The minimum absolute atomic E-state index is 0.105. The molecule has 1 aromatic carbocycles. The summed E-state index contributed by atoms with van der Waals surface area (Å²) in [7, 11) is 0. The summed E-state index contributed by atoms with van der Waals surface area (Å²) in [5.74, 6) is -0.742. The Morgan fingerprint density at radius 1 is 1.07 bits per heavy atom. The predicted molar refractivity (Wildman–Crippen MR) is 114 cm³/mol. The molecule has 29 heavy (non-hydrogen) atoms. The summed E-state index contributed by atoms with van der Waals surface area (Å²) in [6, 6.07) is 7.83. The predicted octanol–water partition coefficient (Wildman–Crippen LogP) is 4.06. The smallest absolute Gasteiger partial charge is 0.251 e. The van der Waals surface area contributed by atoms with Crippen molar-refractivity contribution in [3.63, 3.8) is 0 Å². The summed E-state index contributed by atoms with van der Waals surface area (Å²) in [6.45, 7) is 7.81. The fourth-order valence-electron chi connectivity index (χ4n) is 2.97. The van der Waals surface area contributed by atoms with E-state index in [1.807, 2.05) is 38.4 Å². The van der Waals surface area contributed by atoms with Gasteiger partial charge in [0.05, 0.1) is 18.1 Å². The lowest BCUT2D eigenvalue weighted by Crippen LogP contribution is -2.47. The highest BCUT2D eigenvalue weighted by molar-refractivity contribution is 6.30. The Hall–Kier alpha value is -2.93. The van der Waals surface area contributed by atoms with Gasteiger partial charge in [0.15, 0.2) is 5.65 Å². The number of halogens is 1. The Labute approximate surface area is 174 Å². The molecular formula is C21H24ClN5O2. The van der Waals surface area contributed by atoms with Crippen LogP contribution < -0.4 is 10.6 Å². The molecule has 0 spiro atoms. The van der Waals surface area contributed by atoms with Crippen LogP contribution in [-0.2, 0) is 4.79 Å². The van der Waals surface area contributed by atoms with Gasteiger partial charge >= 0.3 is 0 Å². The number of benzene rings is 1. The van der Waals surface area contributed by atoms with Crippen LogP contribution in [0.1, 0.15) is 44.1 Å². The van der Waals surface area contributed by atoms with Gasteiger partial charge in [0.2, 0.25) is 5.91 Å². The maximum absolute atomic E-state index is 12.8. The van der Waals surface area contributed by atoms with E-state index in [1.165, 1.54) is 0 Å². The molecule has 7 nitrogen and oxygen atoms in total. The first-order chi connectivity index (χ1) is 13.8. The van der Waals surface area contributed by atoms with Gasteiger partial charge in [-0.1, -0.05) is 25.4 Å². The Bertz CT molecular complexity index is 1030. The SMILES string of the molecule is CC(C)[C@H](NC(=O)c1ccc(Cl)cc1)C(=O)Nc1cnc2c(cnn2C(C)C)c1. The molecule has 0 saturated carbocycles. The van der Waals surface area contributed by atoms with E-state index in [2.05, 4.69) is 20.7 Å². The molecule has 0 unspecified atom stereocenters. The van der Waals surface area contributed by atoms with E-state index in [9.17, 15) is 9.59 Å². The van der Waals surface area contributed by atoms with E-state index in [0.29, 0.717) is 16.3 Å². The zero-order valence-corrected chi connectivity index (χ0v) is 17.6. The monoisotopic (exact) mass is 413 g/mol. The number of fused-ring (bicyclic) bond motifs is 1. The van der Waals surface area contributed by atoms with Gasteiger partial charge in [-0.05, 0) is 50.1 Å². The van der Waals surface area contributed by atoms with Crippen LogP contribution in [-0.4, -0.2) is 32.6 Å². The van der Waals surface area contributed by atoms with E-state index >= 15 is 0 Å². The van der Waals surface area contributed by atoms with Gasteiger partial charge in [-0.15, -0.1) is 0 Å². The number of nitrogens with one attached hydrogen (secondary N) is 2. The lowest BCUT2D eigenvalue weighted by atomic mass is 10.0. The normalized spacial score (nSPS) is 12.4. The van der Waals surface area contributed by atoms with Crippen LogP contribution in [0.25, 0.3) is 11.0 Å². The Balaban J connectivity index is 1.74. The molecule has 3 rings (SSSR count). The maximum atomic E-state index is 12.8. The van der Waals surface area contributed by atoms with Crippen molar-refractivity contribution in [2.45, 2.75) is 39.8 Å². The number of amides is 2. The second-order valence-corrected chi connectivity index (χ2v) is 7.95. The van der Waals surface area contributed by atoms with Crippen LogP contribution in [0, 0.1) is 5.92 Å². The molecule has 2 N–H and O–H groups in total. The van der Waals surface area contributed by atoms with Crippen molar-refractivity contribution >= 4 is 40.1 Å². The second kappa shape index (κ2) is 8.61. The van der Waals surface area contributed by atoms with Gasteiger partial charge < -0.3 is 10.6 Å². The molecule has 0 fully saturated rings. The number of hydrogen-bond acceptors (Lipinski definition) is 4. The third-order valence-corrected chi connectivity index (χ3v) is 4.78. The number of carbonyl (C=O) groups is 2. The molecule has 0 bridgehead atoms. The topological polar surface area (TPSA) is 88.9 Å². The number of rotatable bonds is 6. The van der Waals surface area contributed by atoms with Gasteiger partial charge in [-0.3, -0.25) is 9.59 Å². The first-order valence-electron chi connectivity index (χ1n) is 9.47. The van der Waals surface area contributed by atoms with E-state index < -0.39 is 6.04 Å². The molecule has 0 radical (unpaired) electrons. The average Bonchev–Trinajstić information content (AvgIpc) is 3.09. The number of aromatic nitrogens is 3. The first kappa shape index (κ1) is 20.8. The third kappa shape index (κ3) is 4.74. The number of carbonyl (C=O) groups excluding carboxylic acids is 2. The standard InChI is InChI=1S/C21H24ClN5O2/c1-12(2)18(26-20(28)14-5-7-16(22)8-6-14)21(29)25-17-9-15-10-24-27(13(3)4)19(15)23-11-17/h5-13,18H,1-4H3,(H,25,29)(H,26,28)/t18-/m0/s1.